The average Bonchev–Trinajstić information content (AvgIpc) is 2.61. The van der Waals surface area contributed by atoms with Crippen molar-refractivity contribution in [3.8, 4) is 0 Å². The van der Waals surface area contributed by atoms with Crippen LogP contribution in [0.5, 0.6) is 0 Å². The molecule has 2 N–H and O–H groups in total. The molecule has 0 saturated heterocycles. The number of carbonyl (C=O) groups excluding carboxylic acids is 1. The predicted octanol–water partition coefficient (Wildman–Crippen LogP) is 3.08. The first-order valence-electron chi connectivity index (χ1n) is 6.59. The summed E-state index contributed by atoms with van der Waals surface area (Å²) >= 11 is 1.43. The Balaban J connectivity index is 2.52. The summed E-state index contributed by atoms with van der Waals surface area (Å²) in [5.74, 6) is -0.101. The van der Waals surface area contributed by atoms with Gasteiger partial charge in [0.15, 0.2) is 5.13 Å². The summed E-state index contributed by atoms with van der Waals surface area (Å²) in [6.07, 6.45) is 0.397. The third-order valence-corrected chi connectivity index (χ3v) is 3.48. The molecule has 1 atom stereocenters. The van der Waals surface area contributed by atoms with Crippen molar-refractivity contribution >= 4 is 22.4 Å². The molecule has 0 aromatic carbocycles. The maximum atomic E-state index is 11.7. The van der Waals surface area contributed by atoms with Gasteiger partial charge in [0.25, 0.3) is 0 Å². The standard InChI is InChI=1S/C14H24N2O2S/c1-9(2)11(17)6-12(18)16-13-15-10(8-19-13)7-14(3,4)5/h8-9,11,17H,6-7H2,1-5H3,(H,15,16,18). The molecule has 0 spiro atoms. The van der Waals surface area contributed by atoms with Gasteiger partial charge in [0.1, 0.15) is 0 Å². The van der Waals surface area contributed by atoms with Crippen molar-refractivity contribution in [2.45, 2.75) is 53.6 Å². The second kappa shape index (κ2) is 6.48. The lowest BCUT2D eigenvalue weighted by Crippen LogP contribution is -2.23. The van der Waals surface area contributed by atoms with Gasteiger partial charge in [-0.3, -0.25) is 4.79 Å². The maximum absolute atomic E-state index is 11.7. The van der Waals surface area contributed by atoms with E-state index in [-0.39, 0.29) is 23.7 Å². The highest BCUT2D eigenvalue weighted by molar-refractivity contribution is 7.13. The number of aliphatic hydroxyl groups is 1. The molecule has 1 rings (SSSR count). The largest absolute Gasteiger partial charge is 0.392 e. The van der Waals surface area contributed by atoms with Crippen LogP contribution in [-0.4, -0.2) is 22.1 Å². The van der Waals surface area contributed by atoms with E-state index in [2.05, 4.69) is 31.1 Å². The Morgan fingerprint density at radius 2 is 2.11 bits per heavy atom. The molecule has 19 heavy (non-hydrogen) atoms. The molecule has 1 unspecified atom stereocenters. The van der Waals surface area contributed by atoms with E-state index in [1.807, 2.05) is 19.2 Å². The van der Waals surface area contributed by atoms with Gasteiger partial charge in [0.05, 0.1) is 18.2 Å². The summed E-state index contributed by atoms with van der Waals surface area (Å²) in [7, 11) is 0. The predicted molar refractivity (Wildman–Crippen MR) is 79.4 cm³/mol. The first-order valence-corrected chi connectivity index (χ1v) is 7.47. The summed E-state index contributed by atoms with van der Waals surface area (Å²) in [6, 6.07) is 0. The molecule has 0 aliphatic rings. The van der Waals surface area contributed by atoms with E-state index in [0.29, 0.717) is 5.13 Å². The van der Waals surface area contributed by atoms with Gasteiger partial charge in [-0.1, -0.05) is 34.6 Å². The summed E-state index contributed by atoms with van der Waals surface area (Å²) < 4.78 is 0. The highest BCUT2D eigenvalue weighted by Crippen LogP contribution is 2.24. The molecule has 1 amide bonds. The van der Waals surface area contributed by atoms with Crippen LogP contribution in [0.15, 0.2) is 5.38 Å². The van der Waals surface area contributed by atoms with Crippen molar-refractivity contribution in [3.63, 3.8) is 0 Å². The number of hydrogen-bond donors (Lipinski definition) is 2. The Morgan fingerprint density at radius 3 is 2.63 bits per heavy atom. The minimum atomic E-state index is -0.603. The lowest BCUT2D eigenvalue weighted by molar-refractivity contribution is -0.118. The van der Waals surface area contributed by atoms with Gasteiger partial charge in [-0.2, -0.15) is 0 Å². The van der Waals surface area contributed by atoms with Crippen molar-refractivity contribution in [1.82, 2.24) is 4.98 Å². The van der Waals surface area contributed by atoms with Gasteiger partial charge in [-0.25, -0.2) is 4.98 Å². The van der Waals surface area contributed by atoms with E-state index in [1.165, 1.54) is 11.3 Å². The highest BCUT2D eigenvalue weighted by atomic mass is 32.1. The Labute approximate surface area is 119 Å². The molecule has 1 aromatic heterocycles. The number of hydrogen-bond acceptors (Lipinski definition) is 4. The topological polar surface area (TPSA) is 62.2 Å². The molecule has 4 nitrogen and oxygen atoms in total. The molecule has 0 fully saturated rings. The van der Waals surface area contributed by atoms with E-state index in [9.17, 15) is 9.90 Å². The number of rotatable bonds is 5. The first-order chi connectivity index (χ1) is 8.67. The van der Waals surface area contributed by atoms with E-state index in [0.717, 1.165) is 12.1 Å². The summed E-state index contributed by atoms with van der Waals surface area (Å²) in [5.41, 5.74) is 1.18. The number of anilines is 1. The molecular weight excluding hydrogens is 260 g/mol. The normalized spacial score (nSPS) is 13.6. The number of nitrogens with one attached hydrogen (secondary N) is 1. The third-order valence-electron chi connectivity index (χ3n) is 2.67. The lowest BCUT2D eigenvalue weighted by atomic mass is 9.91. The quantitative estimate of drug-likeness (QED) is 0.873. The van der Waals surface area contributed by atoms with Crippen molar-refractivity contribution < 1.29 is 9.90 Å². The van der Waals surface area contributed by atoms with Gasteiger partial charge in [0, 0.05) is 5.38 Å². The molecule has 108 valence electrons. The molecule has 1 aromatic rings. The SMILES string of the molecule is CC(C)C(O)CC(=O)Nc1nc(CC(C)(C)C)cs1. The molecule has 0 bridgehead atoms. The van der Waals surface area contributed by atoms with E-state index < -0.39 is 6.10 Å². The number of thiazole rings is 1. The van der Waals surface area contributed by atoms with Crippen molar-refractivity contribution in [1.29, 1.82) is 0 Å². The number of nitrogens with zero attached hydrogens (tertiary/aromatic N) is 1. The number of aliphatic hydroxyl groups excluding tert-OH is 1. The second-order valence-corrected chi connectivity index (χ2v) is 7.30. The van der Waals surface area contributed by atoms with Crippen LogP contribution in [0.2, 0.25) is 0 Å². The zero-order valence-electron chi connectivity index (χ0n) is 12.4. The summed E-state index contributed by atoms with van der Waals surface area (Å²) in [6.45, 7) is 10.3. The van der Waals surface area contributed by atoms with Gasteiger partial charge in [0.2, 0.25) is 5.91 Å². The molecule has 1 heterocycles. The molecule has 0 aliphatic carbocycles. The Bertz CT molecular complexity index is 421. The fourth-order valence-corrected chi connectivity index (χ4v) is 2.31. The van der Waals surface area contributed by atoms with Crippen LogP contribution in [0.3, 0.4) is 0 Å². The number of amides is 1. The Kier molecular flexibility index (Phi) is 5.50. The number of carbonyl (C=O) groups is 1. The lowest BCUT2D eigenvalue weighted by Gasteiger charge is -2.15. The monoisotopic (exact) mass is 284 g/mol. The fourth-order valence-electron chi connectivity index (χ4n) is 1.58. The maximum Gasteiger partial charge on any atom is 0.228 e. The van der Waals surface area contributed by atoms with Gasteiger partial charge >= 0.3 is 0 Å². The van der Waals surface area contributed by atoms with Crippen molar-refractivity contribution in [3.05, 3.63) is 11.1 Å². The molecule has 0 aliphatic heterocycles. The fraction of sp³-hybridized carbons (Fsp3) is 0.714. The van der Waals surface area contributed by atoms with E-state index >= 15 is 0 Å². The zero-order valence-corrected chi connectivity index (χ0v) is 13.2. The smallest absolute Gasteiger partial charge is 0.228 e. The minimum Gasteiger partial charge on any atom is -0.392 e. The van der Waals surface area contributed by atoms with E-state index in [4.69, 9.17) is 0 Å². The van der Waals surface area contributed by atoms with Crippen molar-refractivity contribution in [2.24, 2.45) is 11.3 Å². The van der Waals surface area contributed by atoms with E-state index in [1.54, 1.807) is 0 Å². The minimum absolute atomic E-state index is 0.0819. The van der Waals surface area contributed by atoms with Crippen molar-refractivity contribution in [2.75, 3.05) is 5.32 Å². The summed E-state index contributed by atoms with van der Waals surface area (Å²) in [5, 5.41) is 15.0. The van der Waals surface area contributed by atoms with Crippen LogP contribution in [0.1, 0.15) is 46.7 Å². The summed E-state index contributed by atoms with van der Waals surface area (Å²) in [4.78, 5) is 16.1. The third kappa shape index (κ3) is 6.16. The molecule has 5 heteroatoms. The van der Waals surface area contributed by atoms with Crippen LogP contribution in [0, 0.1) is 11.3 Å². The van der Waals surface area contributed by atoms with Gasteiger partial charge < -0.3 is 10.4 Å². The molecule has 0 radical (unpaired) electrons. The average molecular weight is 284 g/mol. The number of aromatic nitrogens is 1. The second-order valence-electron chi connectivity index (χ2n) is 6.45. The first kappa shape index (κ1) is 16.1. The Hall–Kier alpha value is -0.940. The zero-order chi connectivity index (χ0) is 14.6. The van der Waals surface area contributed by atoms with Crippen LogP contribution in [-0.2, 0) is 11.2 Å². The van der Waals surface area contributed by atoms with Crippen LogP contribution in [0.25, 0.3) is 0 Å². The Morgan fingerprint density at radius 1 is 1.47 bits per heavy atom. The van der Waals surface area contributed by atoms with Crippen LogP contribution in [0.4, 0.5) is 5.13 Å². The van der Waals surface area contributed by atoms with Crippen LogP contribution >= 0.6 is 11.3 Å². The van der Waals surface area contributed by atoms with Crippen LogP contribution < -0.4 is 5.32 Å². The van der Waals surface area contributed by atoms with Gasteiger partial charge in [-0.15, -0.1) is 11.3 Å². The molecule has 0 saturated carbocycles. The highest BCUT2D eigenvalue weighted by Gasteiger charge is 2.17. The van der Waals surface area contributed by atoms with Gasteiger partial charge in [-0.05, 0) is 17.8 Å². The molecular formula is C14H24N2O2S.